The monoisotopic (exact) mass is 360 g/mol. The number of nitrogens with one attached hydrogen (secondary N) is 2. The number of ketones is 1. The molecule has 27 heavy (non-hydrogen) atoms. The van der Waals surface area contributed by atoms with Crippen LogP contribution in [0.25, 0.3) is 0 Å². The van der Waals surface area contributed by atoms with Gasteiger partial charge in [0.05, 0.1) is 0 Å². The zero-order valence-corrected chi connectivity index (χ0v) is 15.2. The van der Waals surface area contributed by atoms with Crippen LogP contribution < -0.4 is 10.6 Å². The average molecular weight is 360 g/mol. The fourth-order valence-electron chi connectivity index (χ4n) is 2.53. The van der Waals surface area contributed by atoms with Crippen molar-refractivity contribution in [1.29, 1.82) is 0 Å². The van der Waals surface area contributed by atoms with Gasteiger partial charge >= 0.3 is 0 Å². The largest absolute Gasteiger partial charge is 0.364 e. The molecule has 0 saturated heterocycles. The molecule has 0 fully saturated rings. The number of aromatic nitrogens is 2. The van der Waals surface area contributed by atoms with Gasteiger partial charge in [-0.05, 0) is 61.4 Å². The second kappa shape index (κ2) is 8.23. The lowest BCUT2D eigenvalue weighted by atomic mass is 10.1. The van der Waals surface area contributed by atoms with E-state index >= 15 is 0 Å². The summed E-state index contributed by atoms with van der Waals surface area (Å²) in [6.45, 7) is 4.19. The Morgan fingerprint density at radius 1 is 0.926 bits per heavy atom. The van der Waals surface area contributed by atoms with E-state index in [1.165, 1.54) is 18.1 Å². The lowest BCUT2D eigenvalue weighted by Gasteiger charge is -2.08. The van der Waals surface area contributed by atoms with Gasteiger partial charge in [0.15, 0.2) is 11.5 Å². The second-order valence-electron chi connectivity index (χ2n) is 6.17. The standard InChI is InChI=1S/C21H20N4O2/c1-14-5-3-4-6-17(14)13-22-20-12-11-19(24-25-20)21(27)23-18-9-7-16(8-10-18)15(2)26/h3-12H,13H2,1-2H3,(H,22,25)(H,23,27). The number of hydrogen-bond donors (Lipinski definition) is 2. The zero-order valence-electron chi connectivity index (χ0n) is 15.2. The highest BCUT2D eigenvalue weighted by atomic mass is 16.2. The van der Waals surface area contributed by atoms with E-state index in [0.717, 1.165) is 0 Å². The van der Waals surface area contributed by atoms with Gasteiger partial charge in [-0.1, -0.05) is 24.3 Å². The van der Waals surface area contributed by atoms with Crippen molar-refractivity contribution >= 4 is 23.2 Å². The quantitative estimate of drug-likeness (QED) is 0.652. The number of nitrogens with zero attached hydrogens (tertiary/aromatic N) is 2. The Hall–Kier alpha value is -3.54. The molecule has 3 rings (SSSR count). The van der Waals surface area contributed by atoms with Crippen molar-refractivity contribution in [2.45, 2.75) is 20.4 Å². The molecule has 6 nitrogen and oxygen atoms in total. The number of aryl methyl sites for hydroxylation is 1. The maximum absolute atomic E-state index is 12.3. The molecule has 136 valence electrons. The minimum atomic E-state index is -0.358. The normalized spacial score (nSPS) is 10.3. The second-order valence-corrected chi connectivity index (χ2v) is 6.17. The van der Waals surface area contributed by atoms with Crippen LogP contribution in [-0.4, -0.2) is 21.9 Å². The fourth-order valence-corrected chi connectivity index (χ4v) is 2.53. The summed E-state index contributed by atoms with van der Waals surface area (Å²) in [5, 5.41) is 14.0. The molecule has 0 aliphatic heterocycles. The predicted octanol–water partition coefficient (Wildman–Crippen LogP) is 3.85. The van der Waals surface area contributed by atoms with Crippen molar-refractivity contribution in [3.05, 3.63) is 83.0 Å². The van der Waals surface area contributed by atoms with Crippen molar-refractivity contribution < 1.29 is 9.59 Å². The van der Waals surface area contributed by atoms with Gasteiger partial charge in [-0.15, -0.1) is 10.2 Å². The minimum Gasteiger partial charge on any atom is -0.364 e. The zero-order chi connectivity index (χ0) is 19.2. The summed E-state index contributed by atoms with van der Waals surface area (Å²) in [5.41, 5.74) is 3.78. The Balaban J connectivity index is 1.60. The third kappa shape index (κ3) is 4.76. The summed E-state index contributed by atoms with van der Waals surface area (Å²) in [6.07, 6.45) is 0. The van der Waals surface area contributed by atoms with Crippen LogP contribution in [0.5, 0.6) is 0 Å². The first-order chi connectivity index (χ1) is 13.0. The summed E-state index contributed by atoms with van der Waals surface area (Å²) in [5.74, 6) is 0.219. The van der Waals surface area contributed by atoms with Crippen molar-refractivity contribution in [2.75, 3.05) is 10.6 Å². The molecule has 0 bridgehead atoms. The number of benzene rings is 2. The Morgan fingerprint density at radius 2 is 1.67 bits per heavy atom. The van der Waals surface area contributed by atoms with Crippen LogP contribution in [0, 0.1) is 6.92 Å². The Bertz CT molecular complexity index is 951. The van der Waals surface area contributed by atoms with E-state index in [9.17, 15) is 9.59 Å². The van der Waals surface area contributed by atoms with Gasteiger partial charge < -0.3 is 10.6 Å². The number of carbonyl (C=O) groups excluding carboxylic acids is 2. The number of anilines is 2. The van der Waals surface area contributed by atoms with E-state index in [4.69, 9.17) is 0 Å². The fraction of sp³-hybridized carbons (Fsp3) is 0.143. The van der Waals surface area contributed by atoms with Crippen molar-refractivity contribution in [2.24, 2.45) is 0 Å². The molecule has 2 N–H and O–H groups in total. The maximum atomic E-state index is 12.3. The molecular formula is C21H20N4O2. The molecule has 1 heterocycles. The molecule has 2 aromatic carbocycles. The van der Waals surface area contributed by atoms with Crippen LogP contribution in [0.3, 0.4) is 0 Å². The molecule has 1 aromatic heterocycles. The SMILES string of the molecule is CC(=O)c1ccc(NC(=O)c2ccc(NCc3ccccc3C)nn2)cc1. The molecule has 0 spiro atoms. The summed E-state index contributed by atoms with van der Waals surface area (Å²) in [4.78, 5) is 23.6. The van der Waals surface area contributed by atoms with Gasteiger partial charge in [-0.25, -0.2) is 0 Å². The van der Waals surface area contributed by atoms with Gasteiger partial charge in [-0.2, -0.15) is 0 Å². The smallest absolute Gasteiger partial charge is 0.276 e. The molecule has 0 aliphatic rings. The van der Waals surface area contributed by atoms with E-state index in [0.29, 0.717) is 23.6 Å². The van der Waals surface area contributed by atoms with Gasteiger partial charge in [0, 0.05) is 17.8 Å². The van der Waals surface area contributed by atoms with Crippen LogP contribution in [0.15, 0.2) is 60.7 Å². The third-order valence-electron chi connectivity index (χ3n) is 4.17. The summed E-state index contributed by atoms with van der Waals surface area (Å²) in [6, 6.07) is 18.1. The van der Waals surface area contributed by atoms with Crippen LogP contribution in [0.4, 0.5) is 11.5 Å². The third-order valence-corrected chi connectivity index (χ3v) is 4.17. The molecule has 6 heteroatoms. The molecular weight excluding hydrogens is 340 g/mol. The Morgan fingerprint density at radius 3 is 2.30 bits per heavy atom. The minimum absolute atomic E-state index is 0.0208. The lowest BCUT2D eigenvalue weighted by molar-refractivity contribution is 0.101. The molecule has 3 aromatic rings. The molecule has 0 saturated carbocycles. The molecule has 0 atom stereocenters. The maximum Gasteiger partial charge on any atom is 0.276 e. The van der Waals surface area contributed by atoms with Crippen LogP contribution in [0.1, 0.15) is 38.9 Å². The van der Waals surface area contributed by atoms with Crippen molar-refractivity contribution in [3.8, 4) is 0 Å². The summed E-state index contributed by atoms with van der Waals surface area (Å²) < 4.78 is 0. The first-order valence-electron chi connectivity index (χ1n) is 8.57. The van der Waals surface area contributed by atoms with Crippen LogP contribution in [-0.2, 0) is 6.54 Å². The lowest BCUT2D eigenvalue weighted by Crippen LogP contribution is -2.15. The van der Waals surface area contributed by atoms with E-state index < -0.39 is 0 Å². The van der Waals surface area contributed by atoms with E-state index in [2.05, 4.69) is 39.9 Å². The molecule has 0 radical (unpaired) electrons. The Labute approximate surface area is 157 Å². The summed E-state index contributed by atoms with van der Waals surface area (Å²) in [7, 11) is 0. The highest BCUT2D eigenvalue weighted by Gasteiger charge is 2.09. The number of Topliss-reactive ketones (excluding diaryl/α,β-unsaturated/α-hetero) is 1. The van der Waals surface area contributed by atoms with Crippen molar-refractivity contribution in [3.63, 3.8) is 0 Å². The van der Waals surface area contributed by atoms with Gasteiger partial charge in [0.25, 0.3) is 5.91 Å². The molecule has 0 unspecified atom stereocenters. The van der Waals surface area contributed by atoms with E-state index in [1.54, 1.807) is 36.4 Å². The number of amides is 1. The van der Waals surface area contributed by atoms with E-state index in [-0.39, 0.29) is 17.4 Å². The topological polar surface area (TPSA) is 84.0 Å². The highest BCUT2D eigenvalue weighted by Crippen LogP contribution is 2.13. The first-order valence-corrected chi connectivity index (χ1v) is 8.57. The Kier molecular flexibility index (Phi) is 5.56. The number of carbonyl (C=O) groups is 2. The highest BCUT2D eigenvalue weighted by molar-refractivity contribution is 6.03. The average Bonchev–Trinajstić information content (AvgIpc) is 2.68. The van der Waals surface area contributed by atoms with Gasteiger partial charge in [0.1, 0.15) is 5.82 Å². The van der Waals surface area contributed by atoms with Crippen LogP contribution in [0.2, 0.25) is 0 Å². The van der Waals surface area contributed by atoms with Gasteiger partial charge in [-0.3, -0.25) is 9.59 Å². The van der Waals surface area contributed by atoms with Gasteiger partial charge in [0.2, 0.25) is 0 Å². The molecule has 0 aliphatic carbocycles. The first kappa shape index (κ1) is 18.3. The van der Waals surface area contributed by atoms with Crippen LogP contribution >= 0.6 is 0 Å². The predicted molar refractivity (Wildman–Crippen MR) is 105 cm³/mol. The molecule has 1 amide bonds. The number of hydrogen-bond acceptors (Lipinski definition) is 5. The number of rotatable bonds is 6. The summed E-state index contributed by atoms with van der Waals surface area (Å²) >= 11 is 0. The van der Waals surface area contributed by atoms with Crippen molar-refractivity contribution in [1.82, 2.24) is 10.2 Å². The van der Waals surface area contributed by atoms with E-state index in [1.807, 2.05) is 12.1 Å².